The zero-order valence-electron chi connectivity index (χ0n) is 10.4. The fraction of sp³-hybridized carbons (Fsp3) is 0.308. The molecule has 0 fully saturated rings. The second kappa shape index (κ2) is 5.55. The summed E-state index contributed by atoms with van der Waals surface area (Å²) in [6, 6.07) is 5.77. The molecule has 0 aliphatic rings. The van der Waals surface area contributed by atoms with Crippen LogP contribution in [0.2, 0.25) is 0 Å². The van der Waals surface area contributed by atoms with Crippen LogP contribution in [0.5, 0.6) is 5.75 Å². The number of benzene rings is 1. The van der Waals surface area contributed by atoms with E-state index in [1.165, 1.54) is 0 Å². The molecule has 5 nitrogen and oxygen atoms in total. The molecule has 2 rings (SSSR count). The molecular weight excluding hydrogens is 232 g/mol. The van der Waals surface area contributed by atoms with E-state index < -0.39 is 0 Å². The van der Waals surface area contributed by atoms with Gasteiger partial charge in [0.1, 0.15) is 12.4 Å². The number of aromatic nitrogens is 1. The molecule has 2 N–H and O–H groups in total. The van der Waals surface area contributed by atoms with Crippen LogP contribution in [0, 0.1) is 0 Å². The molecule has 5 heteroatoms. The van der Waals surface area contributed by atoms with Crippen LogP contribution in [0.15, 0.2) is 24.4 Å². The van der Waals surface area contributed by atoms with Crippen molar-refractivity contribution in [2.75, 3.05) is 7.11 Å². The fourth-order valence-corrected chi connectivity index (χ4v) is 1.67. The molecule has 0 bridgehead atoms. The van der Waals surface area contributed by atoms with E-state index in [-0.39, 0.29) is 5.91 Å². The Hall–Kier alpha value is -2.01. The maximum atomic E-state index is 11.0. The van der Waals surface area contributed by atoms with Crippen molar-refractivity contribution in [3.63, 3.8) is 0 Å². The number of hydrogen-bond acceptors (Lipinski definition) is 3. The molecule has 0 saturated carbocycles. The summed E-state index contributed by atoms with van der Waals surface area (Å²) < 4.78 is 5.18. The minimum absolute atomic E-state index is 0.132. The molecule has 0 radical (unpaired) electrons. The molecular formula is C13H16N2O3. The number of nitrogens with one attached hydrogen (secondary N) is 2. The van der Waals surface area contributed by atoms with E-state index in [1.807, 2.05) is 24.4 Å². The average molecular weight is 248 g/mol. The summed E-state index contributed by atoms with van der Waals surface area (Å²) in [5.74, 6) is 0.661. The van der Waals surface area contributed by atoms with Crippen molar-refractivity contribution in [2.24, 2.45) is 0 Å². The van der Waals surface area contributed by atoms with E-state index in [0.717, 1.165) is 22.2 Å². The molecule has 18 heavy (non-hydrogen) atoms. The van der Waals surface area contributed by atoms with E-state index in [1.54, 1.807) is 14.0 Å². The third-order valence-electron chi connectivity index (χ3n) is 2.71. The quantitative estimate of drug-likeness (QED) is 0.797. The molecule has 1 amide bonds. The summed E-state index contributed by atoms with van der Waals surface area (Å²) in [7, 11) is 1.63. The average Bonchev–Trinajstić information content (AvgIpc) is 2.81. The standard InChI is InChI=1S/C13H16N2O3/c1-3-13(16)15-18-8-9-7-14-12-5-4-10(17-2)6-11(9)12/h4-7,14H,3,8H2,1-2H3,(H,15,16). The van der Waals surface area contributed by atoms with Crippen molar-refractivity contribution >= 4 is 16.8 Å². The third-order valence-corrected chi connectivity index (χ3v) is 2.71. The second-order valence-electron chi connectivity index (χ2n) is 3.89. The molecule has 0 unspecified atom stereocenters. The van der Waals surface area contributed by atoms with Crippen molar-refractivity contribution in [1.82, 2.24) is 10.5 Å². The summed E-state index contributed by atoms with van der Waals surface area (Å²) >= 11 is 0. The van der Waals surface area contributed by atoms with Crippen LogP contribution in [0.25, 0.3) is 10.9 Å². The lowest BCUT2D eigenvalue weighted by Crippen LogP contribution is -2.22. The van der Waals surface area contributed by atoms with Gasteiger partial charge in [-0.1, -0.05) is 6.92 Å². The molecule has 1 aromatic carbocycles. The number of methoxy groups -OCH3 is 1. The number of ether oxygens (including phenoxy) is 1. The highest BCUT2D eigenvalue weighted by Crippen LogP contribution is 2.23. The van der Waals surface area contributed by atoms with Gasteiger partial charge in [-0.3, -0.25) is 9.63 Å². The highest BCUT2D eigenvalue weighted by Gasteiger charge is 2.06. The summed E-state index contributed by atoms with van der Waals surface area (Å²) in [5, 5.41) is 1.03. The summed E-state index contributed by atoms with van der Waals surface area (Å²) in [6.45, 7) is 2.09. The number of fused-ring (bicyclic) bond motifs is 1. The van der Waals surface area contributed by atoms with E-state index in [9.17, 15) is 4.79 Å². The number of carbonyl (C=O) groups excluding carboxylic acids is 1. The largest absolute Gasteiger partial charge is 0.497 e. The monoisotopic (exact) mass is 248 g/mol. The zero-order valence-corrected chi connectivity index (χ0v) is 10.4. The summed E-state index contributed by atoms with van der Waals surface area (Å²) in [4.78, 5) is 19.3. The summed E-state index contributed by atoms with van der Waals surface area (Å²) in [5.41, 5.74) is 4.36. The van der Waals surface area contributed by atoms with E-state index in [2.05, 4.69) is 10.5 Å². The topological polar surface area (TPSA) is 63.3 Å². The molecule has 0 atom stereocenters. The number of carbonyl (C=O) groups is 1. The van der Waals surface area contributed by atoms with Gasteiger partial charge in [-0.2, -0.15) is 0 Å². The van der Waals surface area contributed by atoms with E-state index >= 15 is 0 Å². The Morgan fingerprint density at radius 2 is 2.28 bits per heavy atom. The summed E-state index contributed by atoms with van der Waals surface area (Å²) in [6.07, 6.45) is 2.27. The first-order valence-corrected chi connectivity index (χ1v) is 5.79. The van der Waals surface area contributed by atoms with Gasteiger partial charge in [0.25, 0.3) is 0 Å². The molecule has 2 aromatic rings. The van der Waals surface area contributed by atoms with Crippen molar-refractivity contribution < 1.29 is 14.4 Å². The Morgan fingerprint density at radius 3 is 3.00 bits per heavy atom. The van der Waals surface area contributed by atoms with Crippen LogP contribution in [0.1, 0.15) is 18.9 Å². The van der Waals surface area contributed by atoms with Gasteiger partial charge >= 0.3 is 0 Å². The predicted molar refractivity (Wildman–Crippen MR) is 68.1 cm³/mol. The van der Waals surface area contributed by atoms with Gasteiger partial charge in [-0.15, -0.1) is 0 Å². The molecule has 0 aliphatic carbocycles. The Labute approximate surface area is 105 Å². The zero-order chi connectivity index (χ0) is 13.0. The maximum absolute atomic E-state index is 11.0. The first kappa shape index (κ1) is 12.4. The number of H-pyrrole nitrogens is 1. The minimum Gasteiger partial charge on any atom is -0.497 e. The molecule has 1 heterocycles. The molecule has 0 spiro atoms. The van der Waals surface area contributed by atoms with Crippen molar-refractivity contribution in [3.05, 3.63) is 30.0 Å². The van der Waals surface area contributed by atoms with Crippen LogP contribution in [0.4, 0.5) is 0 Å². The molecule has 1 aromatic heterocycles. The van der Waals surface area contributed by atoms with Crippen LogP contribution in [-0.4, -0.2) is 18.0 Å². The van der Waals surface area contributed by atoms with Crippen molar-refractivity contribution in [2.45, 2.75) is 20.0 Å². The normalized spacial score (nSPS) is 10.6. The van der Waals surface area contributed by atoms with Crippen LogP contribution in [-0.2, 0) is 16.2 Å². The smallest absolute Gasteiger partial charge is 0.243 e. The Bertz CT molecular complexity index is 548. The van der Waals surface area contributed by atoms with E-state index in [0.29, 0.717) is 13.0 Å². The number of amides is 1. The second-order valence-corrected chi connectivity index (χ2v) is 3.89. The highest BCUT2D eigenvalue weighted by molar-refractivity contribution is 5.84. The van der Waals surface area contributed by atoms with Crippen molar-refractivity contribution in [1.29, 1.82) is 0 Å². The Kier molecular flexibility index (Phi) is 3.84. The van der Waals surface area contributed by atoms with E-state index in [4.69, 9.17) is 9.57 Å². The van der Waals surface area contributed by atoms with Gasteiger partial charge in [-0.25, -0.2) is 5.48 Å². The number of hydroxylamine groups is 1. The predicted octanol–water partition coefficient (Wildman–Crippen LogP) is 2.13. The van der Waals surface area contributed by atoms with Gasteiger partial charge in [-0.05, 0) is 18.2 Å². The van der Waals surface area contributed by atoms with Crippen LogP contribution < -0.4 is 10.2 Å². The van der Waals surface area contributed by atoms with Gasteiger partial charge in [0.05, 0.1) is 7.11 Å². The van der Waals surface area contributed by atoms with Gasteiger partial charge in [0.2, 0.25) is 5.91 Å². The minimum atomic E-state index is -0.132. The van der Waals surface area contributed by atoms with Gasteiger partial charge < -0.3 is 9.72 Å². The van der Waals surface area contributed by atoms with Gasteiger partial charge in [0.15, 0.2) is 0 Å². The van der Waals surface area contributed by atoms with Crippen molar-refractivity contribution in [3.8, 4) is 5.75 Å². The number of aromatic amines is 1. The Balaban J connectivity index is 2.10. The lowest BCUT2D eigenvalue weighted by molar-refractivity contribution is -0.134. The number of rotatable bonds is 5. The molecule has 0 saturated heterocycles. The van der Waals surface area contributed by atoms with Crippen LogP contribution >= 0.6 is 0 Å². The third kappa shape index (κ3) is 2.62. The maximum Gasteiger partial charge on any atom is 0.243 e. The first-order valence-electron chi connectivity index (χ1n) is 5.79. The highest BCUT2D eigenvalue weighted by atomic mass is 16.6. The molecule has 96 valence electrons. The first-order chi connectivity index (χ1) is 8.74. The lowest BCUT2D eigenvalue weighted by Gasteiger charge is -2.04. The Morgan fingerprint density at radius 1 is 1.44 bits per heavy atom. The lowest BCUT2D eigenvalue weighted by atomic mass is 10.2. The number of hydrogen-bond donors (Lipinski definition) is 2. The van der Waals surface area contributed by atoms with Gasteiger partial charge in [0, 0.05) is 29.1 Å². The molecule has 0 aliphatic heterocycles. The fourth-order valence-electron chi connectivity index (χ4n) is 1.67. The SMILES string of the molecule is CCC(=O)NOCc1c[nH]c2ccc(OC)cc12. The van der Waals surface area contributed by atoms with Crippen LogP contribution in [0.3, 0.4) is 0 Å².